The van der Waals surface area contributed by atoms with Crippen LogP contribution >= 0.6 is 11.3 Å². The zero-order valence-corrected chi connectivity index (χ0v) is 18.9. The van der Waals surface area contributed by atoms with Crippen molar-refractivity contribution in [3.8, 4) is 11.5 Å². The van der Waals surface area contributed by atoms with Gasteiger partial charge >= 0.3 is 0 Å². The zero-order valence-electron chi connectivity index (χ0n) is 18.1. The number of amides is 1. The maximum absolute atomic E-state index is 13.3. The molecule has 3 heterocycles. The average Bonchev–Trinajstić information content (AvgIpc) is 3.31. The molecule has 5 aliphatic rings. The highest BCUT2D eigenvalue weighted by Crippen LogP contribution is 2.66. The van der Waals surface area contributed by atoms with E-state index in [1.54, 1.807) is 12.1 Å². The summed E-state index contributed by atoms with van der Waals surface area (Å²) >= 11 is 1.40. The summed E-state index contributed by atoms with van der Waals surface area (Å²) in [6.07, 6.45) is 2.84. The monoisotopic (exact) mass is 482 g/mol. The van der Waals surface area contributed by atoms with Crippen molar-refractivity contribution in [2.24, 2.45) is 5.92 Å². The van der Waals surface area contributed by atoms with E-state index in [0.717, 1.165) is 24.2 Å². The number of carbonyl (C=O) groups is 1. The number of aliphatic hydroxyl groups excluding tert-OH is 1. The lowest BCUT2D eigenvalue weighted by atomic mass is 9.49. The Morgan fingerprint density at radius 3 is 2.82 bits per heavy atom. The minimum Gasteiger partial charge on any atom is -0.508 e. The van der Waals surface area contributed by atoms with E-state index in [0.29, 0.717) is 29.5 Å². The highest BCUT2D eigenvalue weighted by atomic mass is 32.1. The average molecular weight is 483 g/mol. The molecule has 4 N–H and O–H groups in total. The van der Waals surface area contributed by atoms with Crippen molar-refractivity contribution >= 4 is 22.2 Å². The molecule has 0 unspecified atom stereocenters. The van der Waals surface area contributed by atoms with Crippen LogP contribution in [0.15, 0.2) is 41.0 Å². The van der Waals surface area contributed by atoms with Gasteiger partial charge in [-0.2, -0.15) is 0 Å². The second-order valence-electron chi connectivity index (χ2n) is 10.2. The fourth-order valence-electron chi connectivity index (χ4n) is 6.91. The Morgan fingerprint density at radius 1 is 1.26 bits per heavy atom. The molecule has 2 bridgehead atoms. The molecule has 8 heteroatoms. The van der Waals surface area contributed by atoms with E-state index >= 15 is 0 Å². The Kier molecular flexibility index (Phi) is 4.67. The first kappa shape index (κ1) is 21.9. The highest BCUT2D eigenvalue weighted by Gasteiger charge is 2.73. The summed E-state index contributed by atoms with van der Waals surface area (Å²) in [5.41, 5.74) is -0.122. The molecular weight excluding hydrogens is 452 g/mol. The van der Waals surface area contributed by atoms with Gasteiger partial charge in [-0.05, 0) is 67.3 Å². The van der Waals surface area contributed by atoms with Crippen LogP contribution in [0, 0.1) is 5.92 Å². The number of anilines is 1. The maximum Gasteiger partial charge on any atom is 0.255 e. The molecule has 1 amide bonds. The predicted molar refractivity (Wildman–Crippen MR) is 130 cm³/mol. The van der Waals surface area contributed by atoms with Crippen molar-refractivity contribution in [2.45, 2.75) is 62.7 Å². The Labute approximate surface area is 202 Å². The summed E-state index contributed by atoms with van der Waals surface area (Å²) in [6.45, 7) is 1.74. The lowest BCUT2D eigenvalue weighted by Crippen LogP contribution is -2.75. The van der Waals surface area contributed by atoms with Gasteiger partial charge in [-0.25, -0.2) is 0 Å². The number of rotatable bonds is 4. The predicted octanol–water partition coefficient (Wildman–Crippen LogP) is 3.71. The van der Waals surface area contributed by atoms with Crippen molar-refractivity contribution in [1.29, 1.82) is 0 Å². The molecule has 0 radical (unpaired) electrons. The van der Waals surface area contributed by atoms with Crippen molar-refractivity contribution < 1.29 is 24.9 Å². The third-order valence-electron chi connectivity index (χ3n) is 8.55. The van der Waals surface area contributed by atoms with Crippen LogP contribution in [0.4, 0.5) is 5.00 Å². The minimum atomic E-state index is -1.29. The lowest BCUT2D eigenvalue weighted by molar-refractivity contribution is -0.172. The standard InChI is InChI=1S/C25H26N2O5S.CH4/c28-16-6-5-14-10-17-25(31)11-15(23(30)26-18-2-1-9-33-18)20(29)22-24(25,19(14)21(16)32-22)7-8-27(17)12-13-3-4-13;/h1-2,5-6,9,13,17,22,28-29,31H,3-4,7-8,10-12H2,(H,26,30);1H4/t17-,22+,24+,25-;/m1./s1. The quantitative estimate of drug-likeness (QED) is 0.530. The van der Waals surface area contributed by atoms with Gasteiger partial charge in [-0.1, -0.05) is 13.5 Å². The number of aliphatic hydroxyl groups is 2. The van der Waals surface area contributed by atoms with Gasteiger partial charge in [0, 0.05) is 24.6 Å². The Morgan fingerprint density at radius 2 is 2.09 bits per heavy atom. The first-order valence-corrected chi connectivity index (χ1v) is 12.6. The molecule has 2 fully saturated rings. The van der Waals surface area contributed by atoms with Crippen LogP contribution in [0.5, 0.6) is 11.5 Å². The summed E-state index contributed by atoms with van der Waals surface area (Å²) < 4.78 is 6.22. The van der Waals surface area contributed by atoms with Gasteiger partial charge in [0.15, 0.2) is 17.6 Å². The number of nitrogens with zero attached hydrogens (tertiary/aromatic N) is 1. The van der Waals surface area contributed by atoms with Crippen LogP contribution < -0.4 is 10.1 Å². The molecule has 2 aliphatic heterocycles. The topological polar surface area (TPSA) is 102 Å². The number of phenols is 1. The van der Waals surface area contributed by atoms with Crippen LogP contribution in [0.25, 0.3) is 0 Å². The highest BCUT2D eigenvalue weighted by molar-refractivity contribution is 7.14. The number of carbonyl (C=O) groups excluding carboxylic acids is 1. The molecule has 7 rings (SSSR count). The van der Waals surface area contributed by atoms with Gasteiger partial charge in [0.05, 0.1) is 21.6 Å². The number of thiophene rings is 1. The van der Waals surface area contributed by atoms with Crippen LogP contribution in [-0.2, 0) is 16.6 Å². The minimum absolute atomic E-state index is 0. The van der Waals surface area contributed by atoms with Crippen molar-refractivity contribution in [3.05, 3.63) is 52.1 Å². The van der Waals surface area contributed by atoms with Gasteiger partial charge in [0.1, 0.15) is 5.76 Å². The van der Waals surface area contributed by atoms with E-state index in [-0.39, 0.29) is 37.0 Å². The third kappa shape index (κ3) is 2.67. The first-order valence-electron chi connectivity index (χ1n) is 11.7. The maximum atomic E-state index is 13.3. The van der Waals surface area contributed by atoms with E-state index in [9.17, 15) is 20.1 Å². The van der Waals surface area contributed by atoms with E-state index in [1.807, 2.05) is 17.5 Å². The largest absolute Gasteiger partial charge is 0.508 e. The third-order valence-corrected chi connectivity index (χ3v) is 9.33. The van der Waals surface area contributed by atoms with Crippen LogP contribution in [0.1, 0.15) is 44.2 Å². The molecular formula is C26H30N2O5S. The summed E-state index contributed by atoms with van der Waals surface area (Å²) in [7, 11) is 0. The number of likely N-dealkylation sites (tertiary alicyclic amines) is 1. The Balaban J connectivity index is 0.00000217. The summed E-state index contributed by atoms with van der Waals surface area (Å²) in [5, 5.41) is 39.9. The summed E-state index contributed by atoms with van der Waals surface area (Å²) in [6, 6.07) is 7.03. The number of hydrogen-bond acceptors (Lipinski definition) is 7. The number of nitrogens with one attached hydrogen (secondary N) is 1. The van der Waals surface area contributed by atoms with Crippen LogP contribution in [-0.4, -0.2) is 57.0 Å². The molecule has 1 saturated carbocycles. The van der Waals surface area contributed by atoms with Crippen molar-refractivity contribution in [3.63, 3.8) is 0 Å². The molecule has 4 atom stereocenters. The summed E-state index contributed by atoms with van der Waals surface area (Å²) in [4.78, 5) is 15.7. The Bertz CT molecular complexity index is 1210. The normalized spacial score (nSPS) is 33.1. The molecule has 1 saturated heterocycles. The molecule has 1 spiro atoms. The molecule has 180 valence electrons. The zero-order chi connectivity index (χ0) is 22.5. The first-order chi connectivity index (χ1) is 15.9. The van der Waals surface area contributed by atoms with Crippen molar-refractivity contribution in [1.82, 2.24) is 4.90 Å². The summed E-state index contributed by atoms with van der Waals surface area (Å²) in [5.74, 6) is 0.475. The van der Waals surface area contributed by atoms with Gasteiger partial charge in [-0.3, -0.25) is 9.69 Å². The number of ether oxygens (including phenoxy) is 1. The molecule has 1 aromatic carbocycles. The smallest absolute Gasteiger partial charge is 0.255 e. The number of benzene rings is 1. The molecule has 1 aromatic heterocycles. The second kappa shape index (κ2) is 7.23. The van der Waals surface area contributed by atoms with Crippen molar-refractivity contribution in [2.75, 3.05) is 18.4 Å². The Hall–Kier alpha value is -2.55. The van der Waals surface area contributed by atoms with Crippen LogP contribution in [0.3, 0.4) is 0 Å². The lowest BCUT2D eigenvalue weighted by Gasteiger charge is -2.62. The van der Waals surface area contributed by atoms with E-state index in [2.05, 4.69) is 10.2 Å². The van der Waals surface area contributed by atoms with E-state index < -0.39 is 23.0 Å². The van der Waals surface area contributed by atoms with Gasteiger partial charge < -0.3 is 25.4 Å². The fourth-order valence-corrected chi connectivity index (χ4v) is 7.52. The second-order valence-corrected chi connectivity index (χ2v) is 11.2. The number of piperidine rings is 1. The van der Waals surface area contributed by atoms with Crippen LogP contribution in [0.2, 0.25) is 0 Å². The number of phenolic OH excluding ortho intramolecular Hbond substituents is 1. The SMILES string of the molecule is C.O=C(Nc1cccs1)C1=C(O)[C@@H]2Oc3c(O)ccc4c3[C@@]23CCN(CC2CC2)[C@H](C4)[C@]3(O)C1. The molecule has 34 heavy (non-hydrogen) atoms. The van der Waals surface area contributed by atoms with Gasteiger partial charge in [-0.15, -0.1) is 11.3 Å². The fraction of sp³-hybridized carbons (Fsp3) is 0.500. The van der Waals surface area contributed by atoms with Gasteiger partial charge in [0.2, 0.25) is 0 Å². The number of aromatic hydroxyl groups is 1. The van der Waals surface area contributed by atoms with Gasteiger partial charge in [0.25, 0.3) is 5.91 Å². The van der Waals surface area contributed by atoms with E-state index in [1.165, 1.54) is 24.2 Å². The molecule has 3 aliphatic carbocycles. The molecule has 2 aromatic rings. The number of hydrogen-bond donors (Lipinski definition) is 4. The molecule has 7 nitrogen and oxygen atoms in total. The van der Waals surface area contributed by atoms with E-state index in [4.69, 9.17) is 4.74 Å².